The molecule has 1 rings (SSSR count). The third kappa shape index (κ3) is 11.5. The zero-order chi connectivity index (χ0) is 24.9. The van der Waals surface area contributed by atoms with Crippen LogP contribution in [0.3, 0.4) is 0 Å². The maximum absolute atomic E-state index is 12.3. The van der Waals surface area contributed by atoms with E-state index in [0.29, 0.717) is 19.4 Å². The molecule has 3 heteroatoms. The molecular weight excluding hydrogens is 408 g/mol. The molecule has 0 spiro atoms. The first-order chi connectivity index (χ1) is 15.5. The lowest BCUT2D eigenvalue weighted by atomic mass is 9.78. The number of hydrogen-bond acceptors (Lipinski definition) is 3. The molecule has 0 heterocycles. The molecule has 0 fully saturated rings. The maximum Gasteiger partial charge on any atom is 0.306 e. The summed E-state index contributed by atoms with van der Waals surface area (Å²) < 4.78 is 11.4. The molecule has 0 amide bonds. The van der Waals surface area contributed by atoms with E-state index in [4.69, 9.17) is 9.47 Å². The van der Waals surface area contributed by atoms with E-state index >= 15 is 0 Å². The highest BCUT2D eigenvalue weighted by molar-refractivity contribution is 5.69. The lowest BCUT2D eigenvalue weighted by Crippen LogP contribution is -2.20. The van der Waals surface area contributed by atoms with Gasteiger partial charge in [0.2, 0.25) is 0 Å². The minimum Gasteiger partial charge on any atom is -0.496 e. The molecule has 33 heavy (non-hydrogen) atoms. The van der Waals surface area contributed by atoms with Crippen molar-refractivity contribution in [1.82, 2.24) is 0 Å². The number of carbonyl (C=O) groups is 1. The largest absolute Gasteiger partial charge is 0.496 e. The molecule has 0 aromatic heterocycles. The highest BCUT2D eigenvalue weighted by atomic mass is 16.5. The van der Waals surface area contributed by atoms with E-state index in [-0.39, 0.29) is 16.8 Å². The minimum atomic E-state index is -0.0867. The van der Waals surface area contributed by atoms with Crippen LogP contribution in [0.25, 0.3) is 0 Å². The molecule has 0 unspecified atom stereocenters. The van der Waals surface area contributed by atoms with Gasteiger partial charge in [-0.15, -0.1) is 0 Å². The highest BCUT2D eigenvalue weighted by Crippen LogP contribution is 2.40. The lowest BCUT2D eigenvalue weighted by molar-refractivity contribution is -0.143. The van der Waals surface area contributed by atoms with Crippen LogP contribution in [0.15, 0.2) is 12.1 Å². The molecule has 0 aliphatic carbocycles. The average Bonchev–Trinajstić information content (AvgIpc) is 2.74. The lowest BCUT2D eigenvalue weighted by Gasteiger charge is -2.30. The fraction of sp³-hybridized carbons (Fsp3) is 0.767. The summed E-state index contributed by atoms with van der Waals surface area (Å²) in [5.74, 6) is 0.888. The van der Waals surface area contributed by atoms with E-state index in [1.54, 1.807) is 7.11 Å². The van der Waals surface area contributed by atoms with E-state index in [1.165, 1.54) is 68.1 Å². The van der Waals surface area contributed by atoms with Crippen LogP contribution >= 0.6 is 0 Å². The second-order valence-electron chi connectivity index (χ2n) is 11.6. The number of unbranched alkanes of at least 4 members (excludes halogenated alkanes) is 9. The van der Waals surface area contributed by atoms with Gasteiger partial charge >= 0.3 is 5.97 Å². The molecule has 0 aliphatic heterocycles. The van der Waals surface area contributed by atoms with Gasteiger partial charge < -0.3 is 9.47 Å². The zero-order valence-electron chi connectivity index (χ0n) is 23.1. The Morgan fingerprint density at radius 3 is 1.64 bits per heavy atom. The number of esters is 1. The molecule has 0 aliphatic rings. The third-order valence-corrected chi connectivity index (χ3v) is 6.35. The van der Waals surface area contributed by atoms with Crippen LogP contribution in [0.2, 0.25) is 0 Å². The summed E-state index contributed by atoms with van der Waals surface area (Å²) in [6.07, 6.45) is 14.0. The SMILES string of the molecule is CCCCCCCCCCCCOC(=O)CCc1cc(C(C)(C)C)c(OC)c(C(C)(C)C)c1. The second kappa shape index (κ2) is 14.7. The molecule has 1 aromatic rings. The van der Waals surface area contributed by atoms with Crippen LogP contribution in [-0.4, -0.2) is 19.7 Å². The Kier molecular flexibility index (Phi) is 13.1. The van der Waals surface area contributed by atoms with Gasteiger partial charge in [0, 0.05) is 17.5 Å². The second-order valence-corrected chi connectivity index (χ2v) is 11.6. The van der Waals surface area contributed by atoms with E-state index in [1.807, 2.05) is 0 Å². The Hall–Kier alpha value is -1.51. The monoisotopic (exact) mass is 460 g/mol. The van der Waals surface area contributed by atoms with Crippen molar-refractivity contribution in [2.75, 3.05) is 13.7 Å². The topological polar surface area (TPSA) is 35.5 Å². The van der Waals surface area contributed by atoms with Crippen molar-refractivity contribution in [3.05, 3.63) is 28.8 Å². The van der Waals surface area contributed by atoms with E-state index in [0.717, 1.165) is 18.6 Å². The third-order valence-electron chi connectivity index (χ3n) is 6.35. The molecule has 0 saturated carbocycles. The number of rotatable bonds is 15. The summed E-state index contributed by atoms with van der Waals surface area (Å²) in [5, 5.41) is 0. The van der Waals surface area contributed by atoms with Gasteiger partial charge in [-0.2, -0.15) is 0 Å². The highest BCUT2D eigenvalue weighted by Gasteiger charge is 2.27. The predicted octanol–water partition coefficient (Wildman–Crippen LogP) is 8.69. The summed E-state index contributed by atoms with van der Waals surface area (Å²) in [6.45, 7) is 16.1. The van der Waals surface area contributed by atoms with Crippen LogP contribution in [0.4, 0.5) is 0 Å². The van der Waals surface area contributed by atoms with Crippen molar-refractivity contribution >= 4 is 5.97 Å². The van der Waals surface area contributed by atoms with Crippen LogP contribution in [0.1, 0.15) is 136 Å². The Labute approximate surface area is 205 Å². The quantitative estimate of drug-likeness (QED) is 0.194. The summed E-state index contributed by atoms with van der Waals surface area (Å²) in [7, 11) is 1.75. The van der Waals surface area contributed by atoms with Gasteiger partial charge in [-0.1, -0.05) is 118 Å². The molecule has 1 aromatic carbocycles. The summed E-state index contributed by atoms with van der Waals surface area (Å²) >= 11 is 0. The fourth-order valence-electron chi connectivity index (χ4n) is 4.26. The van der Waals surface area contributed by atoms with Crippen molar-refractivity contribution in [2.45, 2.75) is 136 Å². The molecular formula is C30H52O3. The summed E-state index contributed by atoms with van der Waals surface area (Å²) in [6, 6.07) is 4.42. The van der Waals surface area contributed by atoms with Gasteiger partial charge in [-0.25, -0.2) is 0 Å². The average molecular weight is 461 g/mol. The summed E-state index contributed by atoms with van der Waals surface area (Å²) in [5.41, 5.74) is 3.52. The Bertz CT molecular complexity index is 656. The molecule has 0 bridgehead atoms. The van der Waals surface area contributed by atoms with Crippen molar-refractivity contribution in [2.24, 2.45) is 0 Å². The molecule has 0 saturated heterocycles. The van der Waals surface area contributed by atoms with Crippen LogP contribution in [0, 0.1) is 0 Å². The smallest absolute Gasteiger partial charge is 0.306 e. The fourth-order valence-corrected chi connectivity index (χ4v) is 4.26. The van der Waals surface area contributed by atoms with Crippen LogP contribution < -0.4 is 4.74 Å². The first kappa shape index (κ1) is 29.5. The molecule has 0 radical (unpaired) electrons. The maximum atomic E-state index is 12.3. The number of aryl methyl sites for hydroxylation is 1. The van der Waals surface area contributed by atoms with E-state index in [9.17, 15) is 4.79 Å². The number of hydrogen-bond donors (Lipinski definition) is 0. The van der Waals surface area contributed by atoms with Gasteiger partial charge in [0.15, 0.2) is 0 Å². The number of ether oxygens (including phenoxy) is 2. The van der Waals surface area contributed by atoms with Gasteiger partial charge in [0.25, 0.3) is 0 Å². The van der Waals surface area contributed by atoms with Gasteiger partial charge in [0.05, 0.1) is 13.7 Å². The number of benzene rings is 1. The van der Waals surface area contributed by atoms with Gasteiger partial charge in [0.1, 0.15) is 5.75 Å². The van der Waals surface area contributed by atoms with Gasteiger partial charge in [-0.05, 0) is 29.2 Å². The minimum absolute atomic E-state index is 0.0304. The first-order valence-electron chi connectivity index (χ1n) is 13.4. The molecule has 0 atom stereocenters. The number of carbonyl (C=O) groups excluding carboxylic acids is 1. The molecule has 3 nitrogen and oxygen atoms in total. The van der Waals surface area contributed by atoms with E-state index in [2.05, 4.69) is 60.6 Å². The molecule has 0 N–H and O–H groups in total. The summed E-state index contributed by atoms with van der Waals surface area (Å²) in [4.78, 5) is 12.3. The predicted molar refractivity (Wildman–Crippen MR) is 142 cm³/mol. The first-order valence-corrected chi connectivity index (χ1v) is 13.4. The molecule has 190 valence electrons. The van der Waals surface area contributed by atoms with Crippen LogP contribution in [-0.2, 0) is 26.8 Å². The Morgan fingerprint density at radius 1 is 0.758 bits per heavy atom. The zero-order valence-corrected chi connectivity index (χ0v) is 23.1. The standard InChI is InChI=1S/C30H52O3/c1-9-10-11-12-13-14-15-16-17-18-21-33-27(31)20-19-24-22-25(29(2,3)4)28(32-8)26(23-24)30(5,6)7/h22-23H,9-21H2,1-8H3. The Balaban J connectivity index is 2.45. The van der Waals surface area contributed by atoms with Crippen LogP contribution in [0.5, 0.6) is 5.75 Å². The Morgan fingerprint density at radius 2 is 1.21 bits per heavy atom. The van der Waals surface area contributed by atoms with Crippen molar-refractivity contribution in [3.63, 3.8) is 0 Å². The van der Waals surface area contributed by atoms with E-state index < -0.39 is 0 Å². The normalized spacial score (nSPS) is 12.1. The number of methoxy groups -OCH3 is 1. The van der Waals surface area contributed by atoms with Gasteiger partial charge in [-0.3, -0.25) is 4.79 Å². The van der Waals surface area contributed by atoms with Crippen molar-refractivity contribution < 1.29 is 14.3 Å². The van der Waals surface area contributed by atoms with Crippen molar-refractivity contribution in [1.29, 1.82) is 0 Å². The van der Waals surface area contributed by atoms with Crippen molar-refractivity contribution in [3.8, 4) is 5.75 Å².